The van der Waals surface area contributed by atoms with Crippen LogP contribution in [0.1, 0.15) is 5.56 Å². The van der Waals surface area contributed by atoms with Crippen molar-refractivity contribution in [1.29, 1.82) is 0 Å². The van der Waals surface area contributed by atoms with Gasteiger partial charge in [-0.05, 0) is 35.0 Å². The molecule has 1 nitrogen and oxygen atoms in total. The van der Waals surface area contributed by atoms with Crippen molar-refractivity contribution < 1.29 is 4.42 Å². The van der Waals surface area contributed by atoms with Gasteiger partial charge in [-0.25, -0.2) is 0 Å². The third kappa shape index (κ3) is 1.07. The summed E-state index contributed by atoms with van der Waals surface area (Å²) in [6, 6.07) is 6.12. The molecule has 2 heteroatoms. The van der Waals surface area contributed by atoms with Crippen LogP contribution in [0, 0.1) is 6.92 Å². The van der Waals surface area contributed by atoms with E-state index in [4.69, 9.17) is 4.42 Å². The van der Waals surface area contributed by atoms with Gasteiger partial charge in [-0.1, -0.05) is 11.6 Å². The molecule has 0 aliphatic carbocycles. The Morgan fingerprint density at radius 2 is 2.18 bits per heavy atom. The van der Waals surface area contributed by atoms with Crippen LogP contribution in [0.2, 0.25) is 0 Å². The third-order valence-corrected chi connectivity index (χ3v) is 2.30. The first-order valence-corrected chi connectivity index (χ1v) is 4.20. The number of halogens is 1. The molecule has 0 atom stereocenters. The molecule has 0 saturated carbocycles. The van der Waals surface area contributed by atoms with Gasteiger partial charge in [0, 0.05) is 5.39 Å². The lowest BCUT2D eigenvalue weighted by atomic mass is 10.2. The molecule has 0 N–H and O–H groups in total. The van der Waals surface area contributed by atoms with Crippen molar-refractivity contribution in [2.75, 3.05) is 0 Å². The highest BCUT2D eigenvalue weighted by atomic mass is 79.9. The number of fused-ring (bicyclic) bond motifs is 1. The van der Waals surface area contributed by atoms with E-state index in [9.17, 15) is 0 Å². The fourth-order valence-corrected chi connectivity index (χ4v) is 1.52. The van der Waals surface area contributed by atoms with Gasteiger partial charge < -0.3 is 4.42 Å². The van der Waals surface area contributed by atoms with E-state index in [1.165, 1.54) is 5.56 Å². The fraction of sp³-hybridized carbons (Fsp3) is 0.111. The highest BCUT2D eigenvalue weighted by Crippen LogP contribution is 2.26. The maximum Gasteiger partial charge on any atom is 0.135 e. The summed E-state index contributed by atoms with van der Waals surface area (Å²) in [6.07, 6.45) is 1.71. The Hall–Kier alpha value is -0.760. The zero-order chi connectivity index (χ0) is 7.84. The first-order chi connectivity index (χ1) is 5.27. The Morgan fingerprint density at radius 3 is 3.00 bits per heavy atom. The third-order valence-electron chi connectivity index (χ3n) is 1.68. The van der Waals surface area contributed by atoms with E-state index >= 15 is 0 Å². The van der Waals surface area contributed by atoms with E-state index in [1.54, 1.807) is 6.26 Å². The monoisotopic (exact) mass is 210 g/mol. The topological polar surface area (TPSA) is 13.1 Å². The van der Waals surface area contributed by atoms with Crippen LogP contribution in [0.3, 0.4) is 0 Å². The summed E-state index contributed by atoms with van der Waals surface area (Å²) in [5.41, 5.74) is 2.18. The zero-order valence-corrected chi connectivity index (χ0v) is 7.68. The Kier molecular flexibility index (Phi) is 1.50. The summed E-state index contributed by atoms with van der Waals surface area (Å²) in [5, 5.41) is 1.14. The summed E-state index contributed by atoms with van der Waals surface area (Å²) < 4.78 is 6.28. The standard InChI is InChI=1S/C9H7BrO/c1-6-2-3-9-7(4-6)8(10)5-11-9/h2-5H,1H3. The second-order valence-corrected chi connectivity index (χ2v) is 3.44. The van der Waals surface area contributed by atoms with Crippen molar-refractivity contribution in [3.63, 3.8) is 0 Å². The molecule has 0 spiro atoms. The number of hydrogen-bond acceptors (Lipinski definition) is 1. The van der Waals surface area contributed by atoms with Gasteiger partial charge in [-0.15, -0.1) is 0 Å². The van der Waals surface area contributed by atoms with Crippen molar-refractivity contribution >= 4 is 26.9 Å². The average Bonchev–Trinajstić information content (AvgIpc) is 2.33. The minimum absolute atomic E-state index is 0.933. The van der Waals surface area contributed by atoms with E-state index < -0.39 is 0 Å². The van der Waals surface area contributed by atoms with E-state index in [0.717, 1.165) is 15.4 Å². The smallest absolute Gasteiger partial charge is 0.135 e. The highest BCUT2D eigenvalue weighted by molar-refractivity contribution is 9.10. The largest absolute Gasteiger partial charge is 0.463 e. The minimum atomic E-state index is 0.933. The second kappa shape index (κ2) is 2.38. The first kappa shape index (κ1) is 6.92. The van der Waals surface area contributed by atoms with Crippen LogP contribution in [0.25, 0.3) is 11.0 Å². The first-order valence-electron chi connectivity index (χ1n) is 3.41. The predicted octanol–water partition coefficient (Wildman–Crippen LogP) is 3.50. The molecule has 0 unspecified atom stereocenters. The van der Waals surface area contributed by atoms with Crippen molar-refractivity contribution in [1.82, 2.24) is 0 Å². The van der Waals surface area contributed by atoms with E-state index in [2.05, 4.69) is 28.9 Å². The summed E-state index contributed by atoms with van der Waals surface area (Å²) in [5.74, 6) is 0. The van der Waals surface area contributed by atoms with Crippen molar-refractivity contribution in [2.45, 2.75) is 6.92 Å². The zero-order valence-electron chi connectivity index (χ0n) is 6.10. The molecule has 0 saturated heterocycles. The molecule has 0 fully saturated rings. The lowest BCUT2D eigenvalue weighted by Gasteiger charge is -1.90. The molecule has 0 aliphatic heterocycles. The number of furan rings is 1. The Balaban J connectivity index is 2.87. The number of hydrogen-bond donors (Lipinski definition) is 0. The molecular weight excluding hydrogens is 204 g/mol. The molecular formula is C9H7BrO. The van der Waals surface area contributed by atoms with Crippen molar-refractivity contribution in [2.24, 2.45) is 0 Å². The van der Waals surface area contributed by atoms with Gasteiger partial charge in [0.25, 0.3) is 0 Å². The van der Waals surface area contributed by atoms with Crippen LogP contribution < -0.4 is 0 Å². The highest BCUT2D eigenvalue weighted by Gasteiger charge is 2.01. The number of rotatable bonds is 0. The lowest BCUT2D eigenvalue weighted by Crippen LogP contribution is -1.69. The maximum atomic E-state index is 5.26. The number of aryl methyl sites for hydroxylation is 1. The van der Waals surface area contributed by atoms with Crippen LogP contribution in [-0.2, 0) is 0 Å². The minimum Gasteiger partial charge on any atom is -0.463 e. The fourth-order valence-electron chi connectivity index (χ4n) is 1.11. The molecule has 0 bridgehead atoms. The number of benzene rings is 1. The predicted molar refractivity (Wildman–Crippen MR) is 48.7 cm³/mol. The molecule has 1 heterocycles. The van der Waals surface area contributed by atoms with Crippen molar-refractivity contribution in [3.05, 3.63) is 34.5 Å². The van der Waals surface area contributed by atoms with Gasteiger partial charge in [0.05, 0.1) is 4.47 Å². The molecule has 0 amide bonds. The molecule has 0 radical (unpaired) electrons. The van der Waals surface area contributed by atoms with Gasteiger partial charge in [-0.2, -0.15) is 0 Å². The molecule has 1 aromatic heterocycles. The van der Waals surface area contributed by atoms with Gasteiger partial charge in [0.1, 0.15) is 11.8 Å². The summed E-state index contributed by atoms with van der Waals surface area (Å²) in [6.45, 7) is 2.07. The maximum absolute atomic E-state index is 5.26. The van der Waals surface area contributed by atoms with Crippen LogP contribution >= 0.6 is 15.9 Å². The van der Waals surface area contributed by atoms with E-state index in [1.807, 2.05) is 12.1 Å². The van der Waals surface area contributed by atoms with Gasteiger partial charge in [0.15, 0.2) is 0 Å². The van der Waals surface area contributed by atoms with E-state index in [0.29, 0.717) is 0 Å². The van der Waals surface area contributed by atoms with Crippen molar-refractivity contribution in [3.8, 4) is 0 Å². The van der Waals surface area contributed by atoms with Gasteiger partial charge >= 0.3 is 0 Å². The van der Waals surface area contributed by atoms with E-state index in [-0.39, 0.29) is 0 Å². The molecule has 2 aromatic rings. The Morgan fingerprint density at radius 1 is 1.36 bits per heavy atom. The van der Waals surface area contributed by atoms with Crippen LogP contribution in [0.15, 0.2) is 33.4 Å². The SMILES string of the molecule is Cc1ccc2occ(Br)c2c1. The van der Waals surface area contributed by atoms with Gasteiger partial charge in [-0.3, -0.25) is 0 Å². The normalized spacial score (nSPS) is 10.7. The summed E-state index contributed by atoms with van der Waals surface area (Å²) in [4.78, 5) is 0. The summed E-state index contributed by atoms with van der Waals surface area (Å²) in [7, 11) is 0. The second-order valence-electron chi connectivity index (χ2n) is 2.58. The lowest BCUT2D eigenvalue weighted by molar-refractivity contribution is 0.614. The molecule has 11 heavy (non-hydrogen) atoms. The quantitative estimate of drug-likeness (QED) is 0.649. The molecule has 1 aromatic carbocycles. The molecule has 0 aliphatic rings. The van der Waals surface area contributed by atoms with Crippen LogP contribution in [-0.4, -0.2) is 0 Å². The summed E-state index contributed by atoms with van der Waals surface area (Å²) >= 11 is 3.41. The Bertz CT molecular complexity index is 389. The van der Waals surface area contributed by atoms with Crippen LogP contribution in [0.5, 0.6) is 0 Å². The van der Waals surface area contributed by atoms with Crippen LogP contribution in [0.4, 0.5) is 0 Å². The molecule has 56 valence electrons. The molecule has 2 rings (SSSR count). The van der Waals surface area contributed by atoms with Gasteiger partial charge in [0.2, 0.25) is 0 Å². The average molecular weight is 211 g/mol. The Labute approximate surface area is 73.1 Å².